The molecule has 0 radical (unpaired) electrons. The maximum absolute atomic E-state index is 13.4. The van der Waals surface area contributed by atoms with E-state index in [0.717, 1.165) is 23.4 Å². The summed E-state index contributed by atoms with van der Waals surface area (Å²) in [6.45, 7) is 3.68. The van der Waals surface area contributed by atoms with Crippen molar-refractivity contribution in [3.8, 4) is 0 Å². The van der Waals surface area contributed by atoms with Gasteiger partial charge in [-0.25, -0.2) is 0 Å². The van der Waals surface area contributed by atoms with Gasteiger partial charge in [-0.05, 0) is 50.1 Å². The van der Waals surface area contributed by atoms with Gasteiger partial charge in [-0.15, -0.1) is 0 Å². The fraction of sp³-hybridized carbons (Fsp3) is 0.208. The molecule has 0 fully saturated rings. The topological polar surface area (TPSA) is 75.5 Å². The number of carbonyl (C=O) groups excluding carboxylic acids is 1. The predicted molar refractivity (Wildman–Crippen MR) is 118 cm³/mol. The molecule has 0 saturated carbocycles. The maximum Gasteiger partial charge on any atom is 0.273 e. The SMILES string of the molecule is Cc1ccc(C(=O)N2c3ccccc3C(Nc3ccccc3)CC2C)cc1[N+](=O)[O-]. The lowest BCUT2D eigenvalue weighted by Crippen LogP contribution is -2.44. The number of hydrogen-bond donors (Lipinski definition) is 1. The van der Waals surface area contributed by atoms with Gasteiger partial charge in [-0.2, -0.15) is 0 Å². The van der Waals surface area contributed by atoms with E-state index in [1.54, 1.807) is 24.0 Å². The van der Waals surface area contributed by atoms with Gasteiger partial charge in [0.05, 0.1) is 11.0 Å². The molecule has 1 N–H and O–H groups in total. The second-order valence-corrected chi connectivity index (χ2v) is 7.64. The average molecular weight is 401 g/mol. The first kappa shape index (κ1) is 19.6. The van der Waals surface area contributed by atoms with E-state index in [-0.39, 0.29) is 23.7 Å². The standard InChI is InChI=1S/C24H23N3O3/c1-16-12-13-18(15-23(16)27(29)30)24(28)26-17(2)14-21(20-10-6-7-11-22(20)26)25-19-8-4-3-5-9-19/h3-13,15,17,21,25H,14H2,1-2H3. The zero-order valence-corrected chi connectivity index (χ0v) is 16.9. The van der Waals surface area contributed by atoms with Crippen LogP contribution < -0.4 is 10.2 Å². The Morgan fingerprint density at radius 1 is 1.07 bits per heavy atom. The zero-order chi connectivity index (χ0) is 21.3. The number of carbonyl (C=O) groups is 1. The van der Waals surface area contributed by atoms with E-state index in [9.17, 15) is 14.9 Å². The highest BCUT2D eigenvalue weighted by atomic mass is 16.6. The van der Waals surface area contributed by atoms with Crippen LogP contribution in [0.3, 0.4) is 0 Å². The molecule has 4 rings (SSSR count). The van der Waals surface area contributed by atoms with Gasteiger partial charge in [0.2, 0.25) is 0 Å². The summed E-state index contributed by atoms with van der Waals surface area (Å²) >= 11 is 0. The summed E-state index contributed by atoms with van der Waals surface area (Å²) in [5, 5.41) is 14.9. The molecule has 0 aliphatic carbocycles. The van der Waals surface area contributed by atoms with Crippen LogP contribution in [0.15, 0.2) is 72.8 Å². The first-order valence-electron chi connectivity index (χ1n) is 9.95. The van der Waals surface area contributed by atoms with Crippen molar-refractivity contribution in [2.45, 2.75) is 32.4 Å². The summed E-state index contributed by atoms with van der Waals surface area (Å²) in [6.07, 6.45) is 0.728. The number of nitrogens with one attached hydrogen (secondary N) is 1. The molecule has 3 aromatic carbocycles. The lowest BCUT2D eigenvalue weighted by atomic mass is 9.90. The summed E-state index contributed by atoms with van der Waals surface area (Å²) in [5.41, 5.74) is 3.72. The summed E-state index contributed by atoms with van der Waals surface area (Å²) < 4.78 is 0. The molecule has 0 spiro atoms. The van der Waals surface area contributed by atoms with Gasteiger partial charge in [0, 0.05) is 34.6 Å². The molecule has 6 heteroatoms. The highest BCUT2D eigenvalue weighted by Crippen LogP contribution is 2.39. The number of nitro benzene ring substituents is 1. The third-order valence-corrected chi connectivity index (χ3v) is 5.58. The van der Waals surface area contributed by atoms with Crippen LogP contribution in [0.1, 0.15) is 40.9 Å². The Morgan fingerprint density at radius 2 is 1.77 bits per heavy atom. The van der Waals surface area contributed by atoms with Gasteiger partial charge in [-0.3, -0.25) is 14.9 Å². The first-order chi connectivity index (χ1) is 14.5. The van der Waals surface area contributed by atoms with Crippen molar-refractivity contribution in [3.63, 3.8) is 0 Å². The minimum absolute atomic E-state index is 0.0394. The minimum Gasteiger partial charge on any atom is -0.378 e. The molecule has 2 unspecified atom stereocenters. The highest BCUT2D eigenvalue weighted by Gasteiger charge is 2.34. The van der Waals surface area contributed by atoms with Crippen molar-refractivity contribution >= 4 is 23.0 Å². The van der Waals surface area contributed by atoms with Gasteiger partial charge in [0.25, 0.3) is 11.6 Å². The highest BCUT2D eigenvalue weighted by molar-refractivity contribution is 6.07. The number of aryl methyl sites for hydroxylation is 1. The maximum atomic E-state index is 13.4. The fourth-order valence-electron chi connectivity index (χ4n) is 4.07. The van der Waals surface area contributed by atoms with E-state index < -0.39 is 4.92 Å². The van der Waals surface area contributed by atoms with Crippen molar-refractivity contribution in [2.75, 3.05) is 10.2 Å². The largest absolute Gasteiger partial charge is 0.378 e. The quantitative estimate of drug-likeness (QED) is 0.463. The van der Waals surface area contributed by atoms with Gasteiger partial charge >= 0.3 is 0 Å². The van der Waals surface area contributed by atoms with Crippen molar-refractivity contribution < 1.29 is 9.72 Å². The number of para-hydroxylation sites is 2. The van der Waals surface area contributed by atoms with Crippen molar-refractivity contribution in [1.29, 1.82) is 0 Å². The van der Waals surface area contributed by atoms with Gasteiger partial charge in [0.1, 0.15) is 0 Å². The fourth-order valence-corrected chi connectivity index (χ4v) is 4.07. The van der Waals surface area contributed by atoms with Crippen molar-refractivity contribution in [2.24, 2.45) is 0 Å². The lowest BCUT2D eigenvalue weighted by molar-refractivity contribution is -0.385. The Bertz CT molecular complexity index is 1100. The second kappa shape index (κ2) is 7.99. The molecule has 6 nitrogen and oxygen atoms in total. The van der Waals surface area contributed by atoms with E-state index in [2.05, 4.69) is 5.32 Å². The number of amides is 1. The number of nitro groups is 1. The molecular weight excluding hydrogens is 378 g/mol. The Morgan fingerprint density at radius 3 is 2.50 bits per heavy atom. The number of benzene rings is 3. The molecule has 152 valence electrons. The van der Waals surface area contributed by atoms with Gasteiger partial charge < -0.3 is 10.2 Å². The van der Waals surface area contributed by atoms with E-state index in [1.807, 2.05) is 61.5 Å². The second-order valence-electron chi connectivity index (χ2n) is 7.64. The van der Waals surface area contributed by atoms with Crippen LogP contribution in [0.5, 0.6) is 0 Å². The van der Waals surface area contributed by atoms with Crippen LogP contribution in [0.4, 0.5) is 17.1 Å². The Balaban J connectivity index is 1.70. The number of nitrogens with zero attached hydrogens (tertiary/aromatic N) is 2. The zero-order valence-electron chi connectivity index (χ0n) is 16.9. The van der Waals surface area contributed by atoms with Crippen LogP contribution in [0, 0.1) is 17.0 Å². The Kier molecular flexibility index (Phi) is 5.23. The third kappa shape index (κ3) is 3.64. The normalized spacial score (nSPS) is 17.9. The van der Waals surface area contributed by atoms with Crippen LogP contribution in [-0.2, 0) is 0 Å². The van der Waals surface area contributed by atoms with Gasteiger partial charge in [-0.1, -0.05) is 42.5 Å². The molecule has 0 bridgehead atoms. The molecule has 1 heterocycles. The van der Waals surface area contributed by atoms with Gasteiger partial charge in [0.15, 0.2) is 0 Å². The van der Waals surface area contributed by atoms with Crippen LogP contribution in [-0.4, -0.2) is 16.9 Å². The molecule has 1 aliphatic heterocycles. The summed E-state index contributed by atoms with van der Waals surface area (Å²) in [5.74, 6) is -0.226. The van der Waals surface area contributed by atoms with Crippen molar-refractivity contribution in [1.82, 2.24) is 0 Å². The average Bonchev–Trinajstić information content (AvgIpc) is 2.74. The van der Waals surface area contributed by atoms with Crippen LogP contribution in [0.25, 0.3) is 0 Å². The summed E-state index contributed by atoms with van der Waals surface area (Å²) in [6, 6.07) is 22.5. The summed E-state index contributed by atoms with van der Waals surface area (Å²) in [4.78, 5) is 26.0. The van der Waals surface area contributed by atoms with E-state index in [4.69, 9.17) is 0 Å². The minimum atomic E-state index is -0.445. The molecule has 1 amide bonds. The van der Waals surface area contributed by atoms with Crippen LogP contribution >= 0.6 is 0 Å². The Labute approximate surface area is 175 Å². The Hall–Kier alpha value is -3.67. The number of anilines is 2. The van der Waals surface area contributed by atoms with Crippen molar-refractivity contribution in [3.05, 3.63) is 99.6 Å². The van der Waals surface area contributed by atoms with E-state index in [1.165, 1.54) is 6.07 Å². The molecular formula is C24H23N3O3. The number of hydrogen-bond acceptors (Lipinski definition) is 4. The third-order valence-electron chi connectivity index (χ3n) is 5.58. The lowest BCUT2D eigenvalue weighted by Gasteiger charge is -2.40. The smallest absolute Gasteiger partial charge is 0.273 e. The molecule has 30 heavy (non-hydrogen) atoms. The van der Waals surface area contributed by atoms with Crippen LogP contribution in [0.2, 0.25) is 0 Å². The monoisotopic (exact) mass is 401 g/mol. The molecule has 0 aromatic heterocycles. The molecule has 2 atom stereocenters. The first-order valence-corrected chi connectivity index (χ1v) is 9.95. The predicted octanol–water partition coefficient (Wildman–Crippen LogP) is 5.50. The van der Waals surface area contributed by atoms with E-state index in [0.29, 0.717) is 11.1 Å². The van der Waals surface area contributed by atoms with E-state index >= 15 is 0 Å². The molecule has 1 aliphatic rings. The molecule has 3 aromatic rings. The number of rotatable bonds is 4. The number of fused-ring (bicyclic) bond motifs is 1. The summed E-state index contributed by atoms with van der Waals surface area (Å²) in [7, 11) is 0. The molecule has 0 saturated heterocycles.